The molecule has 24 heavy (non-hydrogen) atoms. The molecular weight excluding hydrogens is 304 g/mol. The third-order valence-electron chi connectivity index (χ3n) is 4.85. The number of amides is 2. The number of aromatic nitrogens is 1. The van der Waals surface area contributed by atoms with Crippen LogP contribution in [-0.4, -0.2) is 47.4 Å². The highest BCUT2D eigenvalue weighted by atomic mass is 16.2. The molecule has 0 saturated carbocycles. The van der Waals surface area contributed by atoms with Crippen LogP contribution in [0.25, 0.3) is 0 Å². The highest BCUT2D eigenvalue weighted by molar-refractivity contribution is 5.97. The van der Waals surface area contributed by atoms with Gasteiger partial charge in [0.15, 0.2) is 0 Å². The van der Waals surface area contributed by atoms with Gasteiger partial charge in [0, 0.05) is 32.1 Å². The first kappa shape index (κ1) is 16.7. The highest BCUT2D eigenvalue weighted by Gasteiger charge is 2.35. The summed E-state index contributed by atoms with van der Waals surface area (Å²) in [6.07, 6.45) is 5.71. The molecule has 2 amide bonds. The van der Waals surface area contributed by atoms with E-state index in [0.717, 1.165) is 18.9 Å². The molecule has 130 valence electrons. The number of nitrogens with one attached hydrogen (secondary N) is 1. The summed E-state index contributed by atoms with van der Waals surface area (Å²) in [5, 5.41) is 2.90. The molecule has 1 atom stereocenters. The van der Waals surface area contributed by atoms with E-state index in [2.05, 4.69) is 15.2 Å². The molecule has 2 aliphatic heterocycles. The van der Waals surface area contributed by atoms with Crippen molar-refractivity contribution >= 4 is 23.3 Å². The summed E-state index contributed by atoms with van der Waals surface area (Å²) in [6.45, 7) is 6.55. The van der Waals surface area contributed by atoms with Crippen molar-refractivity contribution < 1.29 is 9.59 Å². The van der Waals surface area contributed by atoms with Gasteiger partial charge in [0.25, 0.3) is 0 Å². The maximum Gasteiger partial charge on any atom is 0.229 e. The molecule has 6 heteroatoms. The van der Waals surface area contributed by atoms with Crippen molar-refractivity contribution in [2.75, 3.05) is 29.9 Å². The van der Waals surface area contributed by atoms with Crippen molar-refractivity contribution in [3.63, 3.8) is 0 Å². The van der Waals surface area contributed by atoms with E-state index in [4.69, 9.17) is 0 Å². The Hall–Kier alpha value is -2.11. The van der Waals surface area contributed by atoms with Gasteiger partial charge in [0.1, 0.15) is 5.82 Å². The second kappa shape index (κ2) is 7.20. The number of hydrogen-bond acceptors (Lipinski definition) is 4. The summed E-state index contributed by atoms with van der Waals surface area (Å²) in [4.78, 5) is 32.8. The average molecular weight is 330 g/mol. The average Bonchev–Trinajstić information content (AvgIpc) is 2.99. The highest BCUT2D eigenvalue weighted by Crippen LogP contribution is 2.23. The Morgan fingerprint density at radius 2 is 2.00 bits per heavy atom. The lowest BCUT2D eigenvalue weighted by Gasteiger charge is -2.27. The molecule has 2 saturated heterocycles. The number of pyridine rings is 1. The first-order valence-corrected chi connectivity index (χ1v) is 8.86. The third-order valence-corrected chi connectivity index (χ3v) is 4.85. The van der Waals surface area contributed by atoms with E-state index in [-0.39, 0.29) is 23.8 Å². The summed E-state index contributed by atoms with van der Waals surface area (Å²) in [7, 11) is 0. The molecule has 3 rings (SSSR count). The molecule has 1 N–H and O–H groups in total. The fraction of sp³-hybridized carbons (Fsp3) is 0.611. The van der Waals surface area contributed by atoms with Gasteiger partial charge in [-0.2, -0.15) is 0 Å². The first-order valence-electron chi connectivity index (χ1n) is 8.86. The van der Waals surface area contributed by atoms with Crippen LogP contribution < -0.4 is 10.2 Å². The monoisotopic (exact) mass is 330 g/mol. The third kappa shape index (κ3) is 3.68. The summed E-state index contributed by atoms with van der Waals surface area (Å²) < 4.78 is 0. The van der Waals surface area contributed by atoms with Crippen molar-refractivity contribution in [3.8, 4) is 0 Å². The Balaban J connectivity index is 1.58. The minimum absolute atomic E-state index is 0.0590. The number of anilines is 2. The van der Waals surface area contributed by atoms with Gasteiger partial charge < -0.3 is 15.1 Å². The molecule has 2 fully saturated rings. The molecular formula is C18H26N4O2. The Kier molecular flexibility index (Phi) is 5.02. The number of carbonyl (C=O) groups excluding carboxylic acids is 2. The lowest BCUT2D eigenvalue weighted by atomic mass is 10.1. The van der Waals surface area contributed by atoms with Crippen LogP contribution in [0, 0.1) is 5.92 Å². The lowest BCUT2D eigenvalue weighted by Crippen LogP contribution is -2.33. The van der Waals surface area contributed by atoms with Crippen molar-refractivity contribution in [1.29, 1.82) is 0 Å². The Bertz CT molecular complexity index is 594. The summed E-state index contributed by atoms with van der Waals surface area (Å²) in [5.41, 5.74) is 0.691. The van der Waals surface area contributed by atoms with Crippen LogP contribution in [0.4, 0.5) is 11.5 Å². The molecule has 3 heterocycles. The maximum absolute atomic E-state index is 12.4. The quantitative estimate of drug-likeness (QED) is 0.920. The molecule has 0 aliphatic carbocycles. The SMILES string of the molecule is CC(C)N1C[C@H](C(=O)Nc2ccc(N3CCCCC3)nc2)CC1=O. The van der Waals surface area contributed by atoms with Crippen LogP contribution in [0.1, 0.15) is 39.5 Å². The van der Waals surface area contributed by atoms with Crippen LogP contribution in [0.15, 0.2) is 18.3 Å². The Morgan fingerprint density at radius 3 is 2.58 bits per heavy atom. The zero-order chi connectivity index (χ0) is 17.1. The van der Waals surface area contributed by atoms with E-state index in [1.165, 1.54) is 19.3 Å². The smallest absolute Gasteiger partial charge is 0.229 e. The Morgan fingerprint density at radius 1 is 1.25 bits per heavy atom. The molecule has 1 aromatic rings. The second-order valence-corrected chi connectivity index (χ2v) is 6.98. The summed E-state index contributed by atoms with van der Waals surface area (Å²) in [6, 6.07) is 3.99. The van der Waals surface area contributed by atoms with E-state index in [1.54, 1.807) is 11.1 Å². The summed E-state index contributed by atoms with van der Waals surface area (Å²) >= 11 is 0. The molecule has 0 radical (unpaired) electrons. The van der Waals surface area contributed by atoms with E-state index in [0.29, 0.717) is 18.7 Å². The predicted octanol–water partition coefficient (Wildman–Crippen LogP) is 2.27. The number of likely N-dealkylation sites (tertiary alicyclic amines) is 1. The molecule has 0 unspecified atom stereocenters. The van der Waals surface area contributed by atoms with Gasteiger partial charge in [-0.3, -0.25) is 9.59 Å². The maximum atomic E-state index is 12.4. The number of nitrogens with zero attached hydrogens (tertiary/aromatic N) is 3. The van der Waals surface area contributed by atoms with Crippen LogP contribution in [0.3, 0.4) is 0 Å². The topological polar surface area (TPSA) is 65.5 Å². The van der Waals surface area contributed by atoms with Gasteiger partial charge in [0.05, 0.1) is 17.8 Å². The van der Waals surface area contributed by atoms with Gasteiger partial charge >= 0.3 is 0 Å². The van der Waals surface area contributed by atoms with E-state index < -0.39 is 0 Å². The predicted molar refractivity (Wildman–Crippen MR) is 93.9 cm³/mol. The van der Waals surface area contributed by atoms with E-state index in [1.807, 2.05) is 26.0 Å². The zero-order valence-corrected chi connectivity index (χ0v) is 14.5. The minimum Gasteiger partial charge on any atom is -0.357 e. The summed E-state index contributed by atoms with van der Waals surface area (Å²) in [5.74, 6) is 0.652. The fourth-order valence-electron chi connectivity index (χ4n) is 3.42. The van der Waals surface area contributed by atoms with Gasteiger partial charge in [-0.25, -0.2) is 4.98 Å². The normalized spacial score (nSPS) is 21.5. The number of rotatable bonds is 4. The second-order valence-electron chi connectivity index (χ2n) is 6.98. The van der Waals surface area contributed by atoms with Crippen LogP contribution >= 0.6 is 0 Å². The molecule has 0 spiro atoms. The van der Waals surface area contributed by atoms with Gasteiger partial charge in [0.2, 0.25) is 11.8 Å². The van der Waals surface area contributed by atoms with Gasteiger partial charge in [-0.05, 0) is 45.2 Å². The molecule has 6 nitrogen and oxygen atoms in total. The van der Waals surface area contributed by atoms with Crippen molar-refractivity contribution in [2.24, 2.45) is 5.92 Å². The van der Waals surface area contributed by atoms with Crippen LogP contribution in [-0.2, 0) is 9.59 Å². The van der Waals surface area contributed by atoms with Crippen molar-refractivity contribution in [1.82, 2.24) is 9.88 Å². The molecule has 2 aliphatic rings. The lowest BCUT2D eigenvalue weighted by molar-refractivity contribution is -0.129. The van der Waals surface area contributed by atoms with Crippen LogP contribution in [0.5, 0.6) is 0 Å². The van der Waals surface area contributed by atoms with Gasteiger partial charge in [-0.1, -0.05) is 0 Å². The molecule has 0 bridgehead atoms. The minimum atomic E-state index is -0.276. The zero-order valence-electron chi connectivity index (χ0n) is 14.5. The molecule has 0 aromatic carbocycles. The van der Waals surface area contributed by atoms with Crippen molar-refractivity contribution in [2.45, 2.75) is 45.6 Å². The van der Waals surface area contributed by atoms with E-state index in [9.17, 15) is 9.59 Å². The number of carbonyl (C=O) groups is 2. The first-order chi connectivity index (χ1) is 11.5. The Labute approximate surface area is 143 Å². The van der Waals surface area contributed by atoms with Gasteiger partial charge in [-0.15, -0.1) is 0 Å². The fourth-order valence-corrected chi connectivity index (χ4v) is 3.42. The standard InChI is InChI=1S/C18H26N4O2/c1-13(2)22-12-14(10-17(22)23)18(24)20-15-6-7-16(19-11-15)21-8-4-3-5-9-21/h6-7,11,13-14H,3-5,8-10,12H2,1-2H3,(H,20,24)/t14-/m1/s1. The van der Waals surface area contributed by atoms with Crippen molar-refractivity contribution in [3.05, 3.63) is 18.3 Å². The van der Waals surface area contributed by atoms with Crippen LogP contribution in [0.2, 0.25) is 0 Å². The largest absolute Gasteiger partial charge is 0.357 e. The van der Waals surface area contributed by atoms with E-state index >= 15 is 0 Å². The molecule has 1 aromatic heterocycles. The number of piperidine rings is 1. The number of hydrogen-bond donors (Lipinski definition) is 1.